The third-order valence-electron chi connectivity index (χ3n) is 4.25. The maximum atomic E-state index is 12.6. The quantitative estimate of drug-likeness (QED) is 0.412. The third kappa shape index (κ3) is 4.62. The summed E-state index contributed by atoms with van der Waals surface area (Å²) >= 11 is 1.24. The van der Waals surface area contributed by atoms with Gasteiger partial charge >= 0.3 is 0 Å². The van der Waals surface area contributed by atoms with Crippen LogP contribution in [-0.4, -0.2) is 10.8 Å². The van der Waals surface area contributed by atoms with Crippen LogP contribution >= 0.6 is 11.3 Å². The van der Waals surface area contributed by atoms with E-state index in [4.69, 9.17) is 10.5 Å². The number of ketones is 1. The zero-order chi connectivity index (χ0) is 20.1. The molecule has 29 heavy (non-hydrogen) atoms. The average Bonchev–Trinajstić information content (AvgIpc) is 3.14. The van der Waals surface area contributed by atoms with Gasteiger partial charge in [0.1, 0.15) is 23.1 Å². The first-order valence-corrected chi connectivity index (χ1v) is 9.90. The molecule has 144 valence electrons. The molecule has 4 rings (SSSR count). The van der Waals surface area contributed by atoms with Crippen molar-refractivity contribution in [2.24, 2.45) is 0 Å². The molecule has 0 saturated carbocycles. The molecule has 1 heterocycles. The molecule has 3 N–H and O–H groups in total. The van der Waals surface area contributed by atoms with E-state index in [1.54, 1.807) is 12.1 Å². The third-order valence-corrected chi connectivity index (χ3v) is 5.23. The van der Waals surface area contributed by atoms with Crippen molar-refractivity contribution in [3.05, 3.63) is 101 Å². The number of rotatable bonds is 7. The summed E-state index contributed by atoms with van der Waals surface area (Å²) in [6, 6.07) is 26.6. The van der Waals surface area contributed by atoms with Gasteiger partial charge in [-0.1, -0.05) is 72.0 Å². The minimum Gasteiger partial charge on any atom is -0.489 e. The number of benzene rings is 3. The van der Waals surface area contributed by atoms with Crippen molar-refractivity contribution in [2.45, 2.75) is 6.61 Å². The molecule has 6 heteroatoms. The number of carbonyl (C=O) groups excluding carboxylic acids is 1. The van der Waals surface area contributed by atoms with Gasteiger partial charge in [0.25, 0.3) is 0 Å². The number of anilines is 3. The van der Waals surface area contributed by atoms with Crippen LogP contribution in [0.5, 0.6) is 5.75 Å². The Kier molecular flexibility index (Phi) is 5.54. The number of nitrogens with zero attached hydrogens (tertiary/aromatic N) is 1. The van der Waals surface area contributed by atoms with E-state index in [9.17, 15) is 4.79 Å². The molecule has 0 atom stereocenters. The molecule has 0 aliphatic carbocycles. The van der Waals surface area contributed by atoms with Crippen molar-refractivity contribution < 1.29 is 9.53 Å². The van der Waals surface area contributed by atoms with E-state index >= 15 is 0 Å². The fraction of sp³-hybridized carbons (Fsp3) is 0.0435. The van der Waals surface area contributed by atoms with E-state index in [2.05, 4.69) is 10.3 Å². The van der Waals surface area contributed by atoms with E-state index in [0.717, 1.165) is 17.0 Å². The summed E-state index contributed by atoms with van der Waals surface area (Å²) in [7, 11) is 0. The molecule has 0 amide bonds. The monoisotopic (exact) mass is 401 g/mol. The number of nitrogens with one attached hydrogen (secondary N) is 1. The topological polar surface area (TPSA) is 77.2 Å². The molecule has 3 aromatic carbocycles. The van der Waals surface area contributed by atoms with Gasteiger partial charge in [-0.25, -0.2) is 4.98 Å². The predicted octanol–water partition coefficient (Wildman–Crippen LogP) is 5.28. The minimum atomic E-state index is -0.127. The molecule has 0 aliphatic rings. The van der Waals surface area contributed by atoms with Gasteiger partial charge in [-0.3, -0.25) is 4.79 Å². The highest BCUT2D eigenvalue weighted by atomic mass is 32.1. The summed E-state index contributed by atoms with van der Waals surface area (Å²) in [5.74, 6) is 0.880. The van der Waals surface area contributed by atoms with Crippen molar-refractivity contribution in [3.63, 3.8) is 0 Å². The van der Waals surface area contributed by atoms with Crippen LogP contribution < -0.4 is 15.8 Å². The molecule has 0 bridgehead atoms. The van der Waals surface area contributed by atoms with E-state index in [-0.39, 0.29) is 11.6 Å². The van der Waals surface area contributed by atoms with Crippen LogP contribution in [0, 0.1) is 0 Å². The molecule has 5 nitrogen and oxygen atoms in total. The van der Waals surface area contributed by atoms with Crippen LogP contribution in [0.15, 0.2) is 84.9 Å². The standard InChI is InChI=1S/C23H19N3O2S/c24-22-21(20(27)17-9-5-2-6-10-17)29-23(26-22)25-18-11-13-19(14-12-18)28-15-16-7-3-1-4-8-16/h1-14H,15,24H2,(H,25,26). The van der Waals surface area contributed by atoms with Crippen LogP contribution in [0.2, 0.25) is 0 Å². The molecule has 1 aromatic heterocycles. The summed E-state index contributed by atoms with van der Waals surface area (Å²) in [6.07, 6.45) is 0. The van der Waals surface area contributed by atoms with Crippen molar-refractivity contribution in [1.29, 1.82) is 0 Å². The largest absolute Gasteiger partial charge is 0.489 e. The second-order valence-electron chi connectivity index (χ2n) is 6.35. The fourth-order valence-electron chi connectivity index (χ4n) is 2.77. The Morgan fingerprint density at radius 3 is 2.28 bits per heavy atom. The first-order valence-electron chi connectivity index (χ1n) is 9.09. The highest BCUT2D eigenvalue weighted by molar-refractivity contribution is 7.18. The van der Waals surface area contributed by atoms with Gasteiger partial charge in [-0.2, -0.15) is 0 Å². The molecule has 0 spiro atoms. The SMILES string of the molecule is Nc1nc(Nc2ccc(OCc3ccccc3)cc2)sc1C(=O)c1ccccc1. The zero-order valence-corrected chi connectivity index (χ0v) is 16.4. The second-order valence-corrected chi connectivity index (χ2v) is 7.35. The lowest BCUT2D eigenvalue weighted by Crippen LogP contribution is -2.02. The average molecular weight is 401 g/mol. The second kappa shape index (κ2) is 8.58. The number of thiazole rings is 1. The molecule has 0 radical (unpaired) electrons. The number of aromatic nitrogens is 1. The van der Waals surface area contributed by atoms with Crippen LogP contribution in [0.3, 0.4) is 0 Å². The highest BCUT2D eigenvalue weighted by Gasteiger charge is 2.17. The van der Waals surface area contributed by atoms with Gasteiger partial charge in [-0.05, 0) is 29.8 Å². The van der Waals surface area contributed by atoms with Crippen LogP contribution in [0.1, 0.15) is 20.8 Å². The molecular weight excluding hydrogens is 382 g/mol. The van der Waals surface area contributed by atoms with E-state index in [1.165, 1.54) is 11.3 Å². The Labute approximate surface area is 172 Å². The minimum absolute atomic E-state index is 0.127. The molecule has 0 unspecified atom stereocenters. The predicted molar refractivity (Wildman–Crippen MR) is 117 cm³/mol. The van der Waals surface area contributed by atoms with Crippen LogP contribution in [0.4, 0.5) is 16.6 Å². The van der Waals surface area contributed by atoms with Gasteiger partial charge in [0.15, 0.2) is 5.13 Å². The Hall–Kier alpha value is -3.64. The van der Waals surface area contributed by atoms with Crippen LogP contribution in [-0.2, 0) is 6.61 Å². The van der Waals surface area contributed by atoms with Crippen molar-refractivity contribution in [3.8, 4) is 5.75 Å². The van der Waals surface area contributed by atoms with Crippen molar-refractivity contribution in [1.82, 2.24) is 4.98 Å². The highest BCUT2D eigenvalue weighted by Crippen LogP contribution is 2.30. The lowest BCUT2D eigenvalue weighted by atomic mass is 10.1. The summed E-state index contributed by atoms with van der Waals surface area (Å²) < 4.78 is 5.80. The first kappa shape index (κ1) is 18.7. The summed E-state index contributed by atoms with van der Waals surface area (Å²) in [4.78, 5) is 17.3. The molecular formula is C23H19N3O2S. The summed E-state index contributed by atoms with van der Waals surface area (Å²) in [5, 5.41) is 3.76. The number of nitrogens with two attached hydrogens (primary N) is 1. The Morgan fingerprint density at radius 1 is 0.931 bits per heavy atom. The van der Waals surface area contributed by atoms with Gasteiger partial charge < -0.3 is 15.8 Å². The lowest BCUT2D eigenvalue weighted by Gasteiger charge is -2.07. The normalized spacial score (nSPS) is 10.5. The Morgan fingerprint density at radius 2 is 1.59 bits per heavy atom. The number of carbonyl (C=O) groups is 1. The first-order chi connectivity index (χ1) is 14.2. The Balaban J connectivity index is 1.41. The fourth-order valence-corrected chi connectivity index (χ4v) is 3.63. The molecule has 0 aliphatic heterocycles. The van der Waals surface area contributed by atoms with Crippen molar-refractivity contribution in [2.75, 3.05) is 11.1 Å². The van der Waals surface area contributed by atoms with Gasteiger partial charge in [-0.15, -0.1) is 0 Å². The molecule has 4 aromatic rings. The maximum absolute atomic E-state index is 12.6. The number of hydrogen-bond donors (Lipinski definition) is 2. The van der Waals surface area contributed by atoms with E-state index in [0.29, 0.717) is 22.2 Å². The van der Waals surface area contributed by atoms with Gasteiger partial charge in [0.2, 0.25) is 5.78 Å². The number of hydrogen-bond acceptors (Lipinski definition) is 6. The smallest absolute Gasteiger partial charge is 0.206 e. The molecule has 0 fully saturated rings. The zero-order valence-electron chi connectivity index (χ0n) is 15.5. The Bertz CT molecular complexity index is 1090. The van der Waals surface area contributed by atoms with Gasteiger partial charge in [0.05, 0.1) is 0 Å². The number of nitrogen functional groups attached to an aromatic ring is 1. The summed E-state index contributed by atoms with van der Waals surface area (Å²) in [6.45, 7) is 0.515. The van der Waals surface area contributed by atoms with E-state index < -0.39 is 0 Å². The van der Waals surface area contributed by atoms with Crippen LogP contribution in [0.25, 0.3) is 0 Å². The number of ether oxygens (including phenoxy) is 1. The van der Waals surface area contributed by atoms with E-state index in [1.807, 2.05) is 72.8 Å². The summed E-state index contributed by atoms with van der Waals surface area (Å²) in [5.41, 5.74) is 8.51. The maximum Gasteiger partial charge on any atom is 0.206 e. The van der Waals surface area contributed by atoms with Gasteiger partial charge in [0, 0.05) is 11.3 Å². The van der Waals surface area contributed by atoms with Crippen molar-refractivity contribution >= 4 is 33.8 Å². The molecule has 0 saturated heterocycles. The lowest BCUT2D eigenvalue weighted by molar-refractivity contribution is 0.104.